The van der Waals surface area contributed by atoms with Gasteiger partial charge in [0.2, 0.25) is 5.91 Å². The molecule has 2 aliphatic carbocycles. The first kappa shape index (κ1) is 17.3. The highest BCUT2D eigenvalue weighted by Crippen LogP contribution is 2.41. The number of carbonyl (C=O) groups excluding carboxylic acids is 1. The fraction of sp³-hybridized carbons (Fsp3) is 0.750. The summed E-state index contributed by atoms with van der Waals surface area (Å²) in [5.74, 6) is 2.15. The van der Waals surface area contributed by atoms with Crippen molar-refractivity contribution in [1.29, 1.82) is 0 Å². The Bertz CT molecular complexity index is 498. The Morgan fingerprint density at radius 2 is 1.95 bits per heavy atom. The monoisotopic (exact) mass is 327 g/mol. The summed E-state index contributed by atoms with van der Waals surface area (Å²) in [6.45, 7) is 4.30. The van der Waals surface area contributed by atoms with Crippen LogP contribution in [0.4, 0.5) is 0 Å². The summed E-state index contributed by atoms with van der Waals surface area (Å²) in [6, 6.07) is 0.311. The van der Waals surface area contributed by atoms with E-state index in [0.717, 1.165) is 29.9 Å². The topological polar surface area (TPSA) is 81.2 Å². The van der Waals surface area contributed by atoms with Crippen LogP contribution in [-0.2, 0) is 11.3 Å². The van der Waals surface area contributed by atoms with Gasteiger partial charge in [0.15, 0.2) is 0 Å². The van der Waals surface area contributed by atoms with Gasteiger partial charge < -0.3 is 15.6 Å². The van der Waals surface area contributed by atoms with Gasteiger partial charge in [-0.15, -0.1) is 12.4 Å². The minimum absolute atomic E-state index is 0. The van der Waals surface area contributed by atoms with E-state index in [2.05, 4.69) is 10.5 Å². The van der Waals surface area contributed by atoms with Crippen LogP contribution in [0.5, 0.6) is 0 Å². The van der Waals surface area contributed by atoms with Gasteiger partial charge in [-0.1, -0.05) is 11.6 Å². The Kier molecular flexibility index (Phi) is 5.50. The van der Waals surface area contributed by atoms with Crippen LogP contribution in [0, 0.1) is 31.6 Å². The van der Waals surface area contributed by atoms with Gasteiger partial charge in [0.1, 0.15) is 5.76 Å². The number of nitrogens with one attached hydrogen (secondary N) is 1. The van der Waals surface area contributed by atoms with Gasteiger partial charge in [0, 0.05) is 24.1 Å². The molecule has 2 unspecified atom stereocenters. The maximum Gasteiger partial charge on any atom is 0.223 e. The summed E-state index contributed by atoms with van der Waals surface area (Å²) in [4.78, 5) is 12.5. The Morgan fingerprint density at radius 1 is 1.32 bits per heavy atom. The molecule has 2 aliphatic rings. The highest BCUT2D eigenvalue weighted by Gasteiger charge is 2.40. The molecule has 1 aromatic rings. The number of halogens is 1. The summed E-state index contributed by atoms with van der Waals surface area (Å²) in [6.07, 6.45) is 5.54. The molecule has 3 rings (SSSR count). The SMILES string of the molecule is Cc1noc(C)c1CNC(=O)C1CC2CCCC(C1)C2N.Cl. The Labute approximate surface area is 137 Å². The quantitative estimate of drug-likeness (QED) is 0.893. The molecule has 1 aromatic heterocycles. The van der Waals surface area contributed by atoms with Crippen molar-refractivity contribution in [3.8, 4) is 0 Å². The van der Waals surface area contributed by atoms with Gasteiger partial charge in [0.05, 0.1) is 5.69 Å². The second-order valence-electron chi connectivity index (χ2n) is 6.72. The number of nitrogens with zero attached hydrogens (tertiary/aromatic N) is 1. The van der Waals surface area contributed by atoms with Crippen molar-refractivity contribution in [3.05, 3.63) is 17.0 Å². The number of amides is 1. The maximum atomic E-state index is 12.5. The van der Waals surface area contributed by atoms with E-state index in [1.54, 1.807) is 0 Å². The lowest BCUT2D eigenvalue weighted by Gasteiger charge is -2.43. The zero-order chi connectivity index (χ0) is 15.0. The van der Waals surface area contributed by atoms with E-state index in [1.165, 1.54) is 19.3 Å². The molecule has 1 amide bonds. The number of nitrogens with two attached hydrogens (primary N) is 1. The van der Waals surface area contributed by atoms with Crippen LogP contribution in [0.3, 0.4) is 0 Å². The van der Waals surface area contributed by atoms with Crippen molar-refractivity contribution in [2.75, 3.05) is 0 Å². The minimum Gasteiger partial charge on any atom is -0.361 e. The molecule has 6 heteroatoms. The predicted octanol–water partition coefficient (Wildman–Crippen LogP) is 2.48. The molecule has 0 radical (unpaired) electrons. The first-order chi connectivity index (χ1) is 10.1. The molecule has 0 spiro atoms. The normalized spacial score (nSPS) is 30.5. The molecule has 1 heterocycles. The molecule has 0 saturated heterocycles. The minimum atomic E-state index is 0. The van der Waals surface area contributed by atoms with E-state index < -0.39 is 0 Å². The zero-order valence-corrected chi connectivity index (χ0v) is 14.1. The smallest absolute Gasteiger partial charge is 0.223 e. The number of hydrogen-bond acceptors (Lipinski definition) is 4. The highest BCUT2D eigenvalue weighted by atomic mass is 35.5. The van der Waals surface area contributed by atoms with Crippen molar-refractivity contribution in [3.63, 3.8) is 0 Å². The molecule has 2 saturated carbocycles. The number of carbonyl (C=O) groups is 1. The average Bonchev–Trinajstić information content (AvgIpc) is 2.75. The lowest BCUT2D eigenvalue weighted by atomic mass is 9.65. The number of rotatable bonds is 3. The van der Waals surface area contributed by atoms with E-state index in [0.29, 0.717) is 24.4 Å². The van der Waals surface area contributed by atoms with Crippen LogP contribution in [0.2, 0.25) is 0 Å². The third-order valence-electron chi connectivity index (χ3n) is 5.40. The van der Waals surface area contributed by atoms with Crippen molar-refractivity contribution >= 4 is 18.3 Å². The van der Waals surface area contributed by atoms with E-state index >= 15 is 0 Å². The third-order valence-corrected chi connectivity index (χ3v) is 5.40. The third kappa shape index (κ3) is 3.30. The van der Waals surface area contributed by atoms with Gasteiger partial charge in [0.25, 0.3) is 0 Å². The second-order valence-corrected chi connectivity index (χ2v) is 6.72. The van der Waals surface area contributed by atoms with E-state index in [1.807, 2.05) is 13.8 Å². The lowest BCUT2D eigenvalue weighted by Crippen LogP contribution is -2.49. The fourth-order valence-corrected chi connectivity index (χ4v) is 4.08. The lowest BCUT2D eigenvalue weighted by molar-refractivity contribution is -0.128. The van der Waals surface area contributed by atoms with Crippen molar-refractivity contribution < 1.29 is 9.32 Å². The first-order valence-electron chi connectivity index (χ1n) is 8.01. The largest absolute Gasteiger partial charge is 0.361 e. The van der Waals surface area contributed by atoms with Crippen LogP contribution in [0.25, 0.3) is 0 Å². The molecule has 0 aliphatic heterocycles. The van der Waals surface area contributed by atoms with Gasteiger partial charge in [-0.2, -0.15) is 0 Å². The van der Waals surface area contributed by atoms with Crippen molar-refractivity contribution in [2.45, 2.75) is 58.5 Å². The average molecular weight is 328 g/mol. The van der Waals surface area contributed by atoms with Crippen LogP contribution in [0.1, 0.15) is 49.1 Å². The summed E-state index contributed by atoms with van der Waals surface area (Å²) in [5.41, 5.74) is 8.14. The number of hydrogen-bond donors (Lipinski definition) is 2. The molecule has 2 fully saturated rings. The molecular weight excluding hydrogens is 302 g/mol. The molecule has 3 N–H and O–H groups in total. The van der Waals surface area contributed by atoms with Crippen molar-refractivity contribution in [2.24, 2.45) is 23.5 Å². The molecule has 124 valence electrons. The Hall–Kier alpha value is -1.07. The Morgan fingerprint density at radius 3 is 2.50 bits per heavy atom. The highest BCUT2D eigenvalue weighted by molar-refractivity contribution is 5.85. The van der Waals surface area contributed by atoms with E-state index in [4.69, 9.17) is 10.3 Å². The zero-order valence-electron chi connectivity index (χ0n) is 13.3. The summed E-state index contributed by atoms with van der Waals surface area (Å²) in [7, 11) is 0. The van der Waals surface area contributed by atoms with Crippen LogP contribution >= 0.6 is 12.4 Å². The second kappa shape index (κ2) is 7.01. The predicted molar refractivity (Wildman–Crippen MR) is 86.6 cm³/mol. The van der Waals surface area contributed by atoms with Crippen molar-refractivity contribution in [1.82, 2.24) is 10.5 Å². The molecule has 2 atom stereocenters. The summed E-state index contributed by atoms with van der Waals surface area (Å²) in [5, 5.41) is 6.98. The standard InChI is InChI=1S/C16H25N3O2.ClH/c1-9-14(10(2)21-19-9)8-18-16(20)13-6-11-4-3-5-12(7-13)15(11)17;/h11-13,15H,3-8,17H2,1-2H3,(H,18,20);1H. The van der Waals surface area contributed by atoms with Gasteiger partial charge >= 0.3 is 0 Å². The van der Waals surface area contributed by atoms with Crippen LogP contribution in [-0.4, -0.2) is 17.1 Å². The number of fused-ring (bicyclic) bond motifs is 2. The van der Waals surface area contributed by atoms with Crippen LogP contribution < -0.4 is 11.1 Å². The molecular formula is C16H26ClN3O2. The summed E-state index contributed by atoms with van der Waals surface area (Å²) >= 11 is 0. The first-order valence-corrected chi connectivity index (χ1v) is 8.01. The maximum absolute atomic E-state index is 12.5. The number of aryl methyl sites for hydroxylation is 2. The van der Waals surface area contributed by atoms with E-state index in [-0.39, 0.29) is 24.2 Å². The molecule has 5 nitrogen and oxygen atoms in total. The molecule has 0 aromatic carbocycles. The van der Waals surface area contributed by atoms with Crippen LogP contribution in [0.15, 0.2) is 4.52 Å². The number of aromatic nitrogens is 1. The summed E-state index contributed by atoms with van der Waals surface area (Å²) < 4.78 is 5.13. The molecule has 22 heavy (non-hydrogen) atoms. The Balaban J connectivity index is 0.00000176. The molecule has 2 bridgehead atoms. The van der Waals surface area contributed by atoms with Gasteiger partial charge in [-0.25, -0.2) is 0 Å². The van der Waals surface area contributed by atoms with Gasteiger partial charge in [-0.05, 0) is 51.4 Å². The van der Waals surface area contributed by atoms with E-state index in [9.17, 15) is 4.79 Å². The fourth-order valence-electron chi connectivity index (χ4n) is 4.08. The van der Waals surface area contributed by atoms with Gasteiger partial charge in [-0.3, -0.25) is 4.79 Å².